The highest BCUT2D eigenvalue weighted by atomic mass is 35.5. The number of rotatable bonds is 9. The van der Waals surface area contributed by atoms with E-state index in [0.29, 0.717) is 11.3 Å². The van der Waals surface area contributed by atoms with Crippen molar-refractivity contribution in [2.75, 3.05) is 11.6 Å². The van der Waals surface area contributed by atoms with Crippen LogP contribution in [0.1, 0.15) is 22.8 Å². The first-order chi connectivity index (χ1) is 19.1. The van der Waals surface area contributed by atoms with Gasteiger partial charge in [-0.05, 0) is 22.3 Å². The van der Waals surface area contributed by atoms with Gasteiger partial charge in [0.15, 0.2) is 6.10 Å². The van der Waals surface area contributed by atoms with Crippen LogP contribution in [0.2, 0.25) is 0 Å². The molecule has 1 fully saturated rings. The highest BCUT2D eigenvalue weighted by Gasteiger charge is 2.54. The summed E-state index contributed by atoms with van der Waals surface area (Å²) in [5.41, 5.74) is 3.34. The summed E-state index contributed by atoms with van der Waals surface area (Å²) in [5, 5.41) is 2.46. The number of esters is 1. The number of carbonyl (C=O) groups excluding carboxylic acids is 3. The van der Waals surface area contributed by atoms with Crippen LogP contribution < -0.4 is 5.32 Å². The molecule has 6 nitrogen and oxygen atoms in total. The topological polar surface area (TPSA) is 75.7 Å². The van der Waals surface area contributed by atoms with Gasteiger partial charge in [0.2, 0.25) is 5.91 Å². The lowest BCUT2D eigenvalue weighted by atomic mass is 10.00. The minimum absolute atomic E-state index is 0.173. The lowest BCUT2D eigenvalue weighted by molar-refractivity contribution is -0.154. The van der Waals surface area contributed by atoms with E-state index in [4.69, 9.17) is 16.3 Å². The Morgan fingerprint density at radius 2 is 1.56 bits per heavy atom. The Morgan fingerprint density at radius 1 is 0.974 bits per heavy atom. The molecule has 1 N–H and O–H groups in total. The van der Waals surface area contributed by atoms with E-state index in [1.165, 1.54) is 16.7 Å². The van der Waals surface area contributed by atoms with Crippen LogP contribution in [-0.4, -0.2) is 45.7 Å². The monoisotopic (exact) mass is 558 g/mol. The minimum Gasteiger partial charge on any atom is -0.448 e. The van der Waals surface area contributed by atoms with Crippen molar-refractivity contribution in [1.82, 2.24) is 10.2 Å². The first-order valence-electron chi connectivity index (χ1n) is 12.6. The highest BCUT2D eigenvalue weighted by Crippen LogP contribution is 2.42. The molecule has 2 atom stereocenters. The maximum absolute atomic E-state index is 13.8. The lowest BCUT2D eigenvalue weighted by Crippen LogP contribution is -2.70. The first kappa shape index (κ1) is 26.8. The molecule has 1 saturated heterocycles. The summed E-state index contributed by atoms with van der Waals surface area (Å²) in [6.45, 7) is 0. The van der Waals surface area contributed by atoms with Gasteiger partial charge in [0.1, 0.15) is 17.1 Å². The molecular weight excluding hydrogens is 532 g/mol. The number of halogens is 1. The molecule has 39 heavy (non-hydrogen) atoms. The molecule has 0 radical (unpaired) electrons. The van der Waals surface area contributed by atoms with E-state index in [1.807, 2.05) is 91.0 Å². The average Bonchev–Trinajstić information content (AvgIpc) is 2.98. The van der Waals surface area contributed by atoms with E-state index in [1.54, 1.807) is 12.2 Å². The average molecular weight is 559 g/mol. The fraction of sp³-hybridized carbons (Fsp3) is 0.194. The van der Waals surface area contributed by atoms with Crippen molar-refractivity contribution in [3.63, 3.8) is 0 Å². The Kier molecular flexibility index (Phi) is 8.49. The molecule has 0 aromatic heterocycles. The van der Waals surface area contributed by atoms with Gasteiger partial charge in [-0.1, -0.05) is 103 Å². The summed E-state index contributed by atoms with van der Waals surface area (Å²) in [4.78, 5) is 41.3. The van der Waals surface area contributed by atoms with Crippen molar-refractivity contribution in [1.29, 1.82) is 0 Å². The van der Waals surface area contributed by atoms with Crippen molar-refractivity contribution in [2.24, 2.45) is 0 Å². The molecule has 3 aromatic carbocycles. The van der Waals surface area contributed by atoms with Crippen LogP contribution in [0.4, 0.5) is 0 Å². The zero-order valence-electron chi connectivity index (χ0n) is 21.0. The van der Waals surface area contributed by atoms with E-state index in [2.05, 4.69) is 5.32 Å². The molecule has 198 valence electrons. The first-order valence-corrected chi connectivity index (χ1v) is 14.2. The van der Waals surface area contributed by atoms with Gasteiger partial charge in [-0.25, -0.2) is 4.79 Å². The number of alkyl halides is 1. The number of hydrogen-bond donors (Lipinski definition) is 1. The van der Waals surface area contributed by atoms with Gasteiger partial charge in [0.05, 0.1) is 6.42 Å². The molecule has 2 heterocycles. The summed E-state index contributed by atoms with van der Waals surface area (Å²) in [6, 6.07) is 27.6. The zero-order chi connectivity index (χ0) is 27.2. The third kappa shape index (κ3) is 5.95. The summed E-state index contributed by atoms with van der Waals surface area (Å²) >= 11 is 7.38. The smallest absolute Gasteiger partial charge is 0.356 e. The van der Waals surface area contributed by atoms with Crippen LogP contribution >= 0.6 is 23.4 Å². The van der Waals surface area contributed by atoms with Crippen molar-refractivity contribution >= 4 is 41.1 Å². The summed E-state index contributed by atoms with van der Waals surface area (Å²) in [6.07, 6.45) is 3.02. The Bertz CT molecular complexity index is 1360. The summed E-state index contributed by atoms with van der Waals surface area (Å²) in [5.74, 6) is -0.446. The molecule has 3 aromatic rings. The molecule has 0 saturated carbocycles. The molecule has 0 bridgehead atoms. The van der Waals surface area contributed by atoms with Crippen molar-refractivity contribution in [3.8, 4) is 0 Å². The Morgan fingerprint density at radius 3 is 2.15 bits per heavy atom. The quantitative estimate of drug-likeness (QED) is 0.227. The Labute approximate surface area is 236 Å². The molecular formula is C31H27ClN2O4S. The van der Waals surface area contributed by atoms with Crippen LogP contribution in [0.3, 0.4) is 0 Å². The molecule has 0 spiro atoms. The minimum atomic E-state index is -0.716. The number of carbonyl (C=O) groups is 3. The maximum atomic E-state index is 13.8. The van der Waals surface area contributed by atoms with Gasteiger partial charge >= 0.3 is 5.97 Å². The van der Waals surface area contributed by atoms with Crippen molar-refractivity contribution in [2.45, 2.75) is 23.9 Å². The number of fused-ring (bicyclic) bond motifs is 1. The lowest BCUT2D eigenvalue weighted by Gasteiger charge is -2.49. The van der Waals surface area contributed by atoms with Gasteiger partial charge in [0.25, 0.3) is 5.91 Å². The van der Waals surface area contributed by atoms with Gasteiger partial charge in [-0.2, -0.15) is 0 Å². The molecule has 0 unspecified atom stereocenters. The standard InChI is InChI=1S/C31H27ClN2O4S/c32-18-10-17-24-20-39-30-26(33-25(35)19-21-11-4-1-5-12-21)29(36)34(30)27(24)31(37)38-28(22-13-6-2-7-14-22)23-15-8-3-9-16-23/h1-17,26,28,30H,18-20H2,(H,33,35)/t26-,30-/m1/s1. The SMILES string of the molecule is O=C(Cc1ccccc1)N[C@@H]1C(=O)N2C(C(=O)OC(c3ccccc3)c3ccccc3)=C(C=CCCl)CS[C@H]12. The predicted molar refractivity (Wildman–Crippen MR) is 153 cm³/mol. The van der Waals surface area contributed by atoms with Gasteiger partial charge in [-0.15, -0.1) is 23.4 Å². The normalized spacial score (nSPS) is 18.6. The third-order valence-corrected chi connectivity index (χ3v) is 8.03. The van der Waals surface area contributed by atoms with E-state index < -0.39 is 23.5 Å². The van der Waals surface area contributed by atoms with E-state index in [-0.39, 0.29) is 29.8 Å². The second kappa shape index (κ2) is 12.4. The number of nitrogens with zero attached hydrogens (tertiary/aromatic N) is 1. The Hall–Kier alpha value is -3.81. The molecule has 2 amide bonds. The van der Waals surface area contributed by atoms with Crippen LogP contribution in [0.25, 0.3) is 0 Å². The van der Waals surface area contributed by atoms with Crippen molar-refractivity contribution in [3.05, 3.63) is 131 Å². The maximum Gasteiger partial charge on any atom is 0.356 e. The second-order valence-electron chi connectivity index (χ2n) is 9.15. The number of allylic oxidation sites excluding steroid dienone is 2. The molecule has 2 aliphatic heterocycles. The third-order valence-electron chi connectivity index (χ3n) is 6.55. The zero-order valence-corrected chi connectivity index (χ0v) is 22.6. The van der Waals surface area contributed by atoms with Crippen molar-refractivity contribution < 1.29 is 19.1 Å². The van der Waals surface area contributed by atoms with Gasteiger partial charge in [-0.3, -0.25) is 14.5 Å². The van der Waals surface area contributed by atoms with E-state index in [0.717, 1.165) is 16.7 Å². The largest absolute Gasteiger partial charge is 0.448 e. The number of amides is 2. The van der Waals surface area contributed by atoms with Crippen LogP contribution in [-0.2, 0) is 25.5 Å². The number of ether oxygens (including phenoxy) is 1. The van der Waals surface area contributed by atoms with Crippen LogP contribution in [0.15, 0.2) is 114 Å². The highest BCUT2D eigenvalue weighted by molar-refractivity contribution is 8.00. The molecule has 8 heteroatoms. The van der Waals surface area contributed by atoms with Gasteiger partial charge in [0, 0.05) is 11.6 Å². The van der Waals surface area contributed by atoms with E-state index in [9.17, 15) is 14.4 Å². The number of nitrogens with one attached hydrogen (secondary N) is 1. The fourth-order valence-corrected chi connectivity index (χ4v) is 6.11. The number of benzene rings is 3. The second-order valence-corrected chi connectivity index (χ2v) is 10.6. The molecule has 5 rings (SSSR count). The Balaban J connectivity index is 1.39. The predicted octanol–water partition coefficient (Wildman–Crippen LogP) is 5.01. The van der Waals surface area contributed by atoms with Gasteiger partial charge < -0.3 is 10.1 Å². The summed E-state index contributed by atoms with van der Waals surface area (Å²) < 4.78 is 6.11. The van der Waals surface area contributed by atoms with E-state index >= 15 is 0 Å². The summed E-state index contributed by atoms with van der Waals surface area (Å²) in [7, 11) is 0. The van der Waals surface area contributed by atoms with Crippen LogP contribution in [0, 0.1) is 0 Å². The number of hydrogen-bond acceptors (Lipinski definition) is 5. The van der Waals surface area contributed by atoms with Crippen LogP contribution in [0.5, 0.6) is 0 Å². The number of thioether (sulfide) groups is 1. The molecule has 2 aliphatic rings. The number of β-lactam (4-membered cyclic amide) rings is 1. The molecule has 0 aliphatic carbocycles. The fourth-order valence-electron chi connectivity index (χ4n) is 4.70.